The fraction of sp³-hybridized carbons (Fsp3) is 0.125. The number of nitrogens with zero attached hydrogens (tertiary/aromatic N) is 2. The third kappa shape index (κ3) is 4.47. The van der Waals surface area contributed by atoms with Gasteiger partial charge in [0.25, 0.3) is 11.8 Å². The zero-order chi connectivity index (χ0) is 23.4. The fourth-order valence-electron chi connectivity index (χ4n) is 3.26. The topological polar surface area (TPSA) is 95.7 Å². The van der Waals surface area contributed by atoms with Crippen LogP contribution in [-0.4, -0.2) is 37.4 Å². The number of ether oxygens (including phenoxy) is 3. The van der Waals surface area contributed by atoms with Gasteiger partial charge >= 0.3 is 0 Å². The van der Waals surface area contributed by atoms with Gasteiger partial charge < -0.3 is 24.1 Å². The highest BCUT2D eigenvalue weighted by atomic mass is 19.1. The van der Waals surface area contributed by atoms with E-state index in [0.29, 0.717) is 39.6 Å². The minimum atomic E-state index is -0.398. The van der Waals surface area contributed by atoms with Crippen molar-refractivity contribution in [1.29, 1.82) is 0 Å². The van der Waals surface area contributed by atoms with Gasteiger partial charge in [-0.2, -0.15) is 4.98 Å². The monoisotopic (exact) mass is 449 g/mol. The van der Waals surface area contributed by atoms with E-state index in [4.69, 9.17) is 18.7 Å². The number of nitrogens with one attached hydrogen (secondary N) is 1. The van der Waals surface area contributed by atoms with Gasteiger partial charge in [-0.25, -0.2) is 4.39 Å². The first-order chi connectivity index (χ1) is 16.0. The van der Waals surface area contributed by atoms with Crippen LogP contribution in [0.2, 0.25) is 0 Å². The summed E-state index contributed by atoms with van der Waals surface area (Å²) in [6.07, 6.45) is 0. The Hall–Kier alpha value is -4.40. The molecular formula is C24H20FN3O5. The molecule has 1 aromatic heterocycles. The summed E-state index contributed by atoms with van der Waals surface area (Å²) in [5.41, 5.74) is 1.80. The Morgan fingerprint density at radius 1 is 0.939 bits per heavy atom. The summed E-state index contributed by atoms with van der Waals surface area (Å²) >= 11 is 0. The summed E-state index contributed by atoms with van der Waals surface area (Å²) in [7, 11) is 4.54. The number of benzene rings is 3. The van der Waals surface area contributed by atoms with Crippen molar-refractivity contribution in [2.45, 2.75) is 0 Å². The van der Waals surface area contributed by atoms with Gasteiger partial charge in [0.1, 0.15) is 5.82 Å². The van der Waals surface area contributed by atoms with Crippen LogP contribution in [0.15, 0.2) is 65.2 Å². The molecule has 0 atom stereocenters. The average Bonchev–Trinajstić information content (AvgIpc) is 3.34. The van der Waals surface area contributed by atoms with Gasteiger partial charge in [-0.1, -0.05) is 17.3 Å². The number of anilines is 1. The van der Waals surface area contributed by atoms with E-state index < -0.39 is 11.7 Å². The number of halogens is 1. The minimum absolute atomic E-state index is 0.156. The van der Waals surface area contributed by atoms with E-state index in [1.807, 2.05) is 0 Å². The van der Waals surface area contributed by atoms with Crippen LogP contribution in [0.3, 0.4) is 0 Å². The number of carbonyl (C=O) groups is 1. The van der Waals surface area contributed by atoms with E-state index in [1.54, 1.807) is 36.4 Å². The normalized spacial score (nSPS) is 10.5. The third-order valence-corrected chi connectivity index (χ3v) is 4.85. The first kappa shape index (κ1) is 21.8. The minimum Gasteiger partial charge on any atom is -0.493 e. The molecule has 3 aromatic carbocycles. The summed E-state index contributed by atoms with van der Waals surface area (Å²) < 4.78 is 34.7. The van der Waals surface area contributed by atoms with Gasteiger partial charge in [0.15, 0.2) is 11.5 Å². The molecule has 4 rings (SSSR count). The summed E-state index contributed by atoms with van der Waals surface area (Å²) in [5.74, 6) is 0.967. The first-order valence-electron chi connectivity index (χ1n) is 9.84. The second-order valence-electron chi connectivity index (χ2n) is 6.84. The zero-order valence-electron chi connectivity index (χ0n) is 18.1. The van der Waals surface area contributed by atoms with Crippen molar-refractivity contribution in [2.24, 2.45) is 0 Å². The van der Waals surface area contributed by atoms with Crippen LogP contribution in [0.4, 0.5) is 10.1 Å². The number of carbonyl (C=O) groups excluding carboxylic acids is 1. The molecule has 9 heteroatoms. The Bertz CT molecular complexity index is 1260. The van der Waals surface area contributed by atoms with E-state index in [0.717, 1.165) is 0 Å². The van der Waals surface area contributed by atoms with Crippen molar-refractivity contribution in [1.82, 2.24) is 10.1 Å². The number of hydrogen-bond acceptors (Lipinski definition) is 7. The van der Waals surface area contributed by atoms with Gasteiger partial charge in [0.05, 0.1) is 32.5 Å². The molecule has 0 aliphatic heterocycles. The molecule has 0 aliphatic carbocycles. The second-order valence-corrected chi connectivity index (χ2v) is 6.84. The van der Waals surface area contributed by atoms with Crippen molar-refractivity contribution in [3.8, 4) is 40.1 Å². The highest BCUT2D eigenvalue weighted by Crippen LogP contribution is 2.41. The van der Waals surface area contributed by atoms with E-state index in [2.05, 4.69) is 15.5 Å². The third-order valence-electron chi connectivity index (χ3n) is 4.85. The van der Waals surface area contributed by atoms with Crippen molar-refractivity contribution < 1.29 is 27.9 Å². The molecule has 4 aromatic rings. The first-order valence-corrected chi connectivity index (χ1v) is 9.84. The summed E-state index contributed by atoms with van der Waals surface area (Å²) in [5, 5.41) is 6.79. The molecule has 8 nitrogen and oxygen atoms in total. The number of rotatable bonds is 7. The summed E-state index contributed by atoms with van der Waals surface area (Å²) in [6, 6.07) is 15.7. The molecule has 0 radical (unpaired) electrons. The van der Waals surface area contributed by atoms with Gasteiger partial charge in [0.2, 0.25) is 11.6 Å². The maximum Gasteiger partial charge on any atom is 0.259 e. The van der Waals surface area contributed by atoms with E-state index in [9.17, 15) is 9.18 Å². The fourth-order valence-corrected chi connectivity index (χ4v) is 3.26. The van der Waals surface area contributed by atoms with Crippen molar-refractivity contribution in [2.75, 3.05) is 26.6 Å². The van der Waals surface area contributed by atoms with E-state index in [-0.39, 0.29) is 11.7 Å². The lowest BCUT2D eigenvalue weighted by molar-refractivity contribution is 0.102. The number of aromatic nitrogens is 2. The predicted molar refractivity (Wildman–Crippen MR) is 119 cm³/mol. The van der Waals surface area contributed by atoms with Crippen LogP contribution in [0.5, 0.6) is 17.2 Å². The van der Waals surface area contributed by atoms with Crippen LogP contribution in [-0.2, 0) is 0 Å². The van der Waals surface area contributed by atoms with E-state index >= 15 is 0 Å². The van der Waals surface area contributed by atoms with Gasteiger partial charge in [-0.15, -0.1) is 0 Å². The Morgan fingerprint density at radius 2 is 1.61 bits per heavy atom. The quantitative estimate of drug-likeness (QED) is 0.432. The van der Waals surface area contributed by atoms with Crippen LogP contribution in [0.1, 0.15) is 10.4 Å². The van der Waals surface area contributed by atoms with Crippen LogP contribution >= 0.6 is 0 Å². The van der Waals surface area contributed by atoms with Crippen LogP contribution < -0.4 is 19.5 Å². The predicted octanol–water partition coefficient (Wildman–Crippen LogP) is 4.82. The lowest BCUT2D eigenvalue weighted by atomic mass is 10.1. The van der Waals surface area contributed by atoms with Crippen LogP contribution in [0.25, 0.3) is 22.8 Å². The molecule has 168 valence electrons. The Labute approximate surface area is 188 Å². The Balaban J connectivity index is 1.67. The zero-order valence-corrected chi connectivity index (χ0v) is 18.1. The second kappa shape index (κ2) is 9.39. The summed E-state index contributed by atoms with van der Waals surface area (Å²) in [4.78, 5) is 17.3. The van der Waals surface area contributed by atoms with Gasteiger partial charge in [-0.05, 0) is 48.5 Å². The number of hydrogen-bond donors (Lipinski definition) is 1. The molecule has 1 amide bonds. The van der Waals surface area contributed by atoms with Crippen molar-refractivity contribution >= 4 is 11.6 Å². The molecule has 0 saturated heterocycles. The molecule has 0 aliphatic rings. The van der Waals surface area contributed by atoms with E-state index in [1.165, 1.54) is 45.6 Å². The lowest BCUT2D eigenvalue weighted by Crippen LogP contribution is -2.13. The standard InChI is InChI=1S/C24H20FN3O5/c1-30-19-12-14(13-20(31-2)21(19)32-3)22-27-24(33-28-22)18-7-5-4-6-17(18)23(29)26-16-10-8-15(25)9-11-16/h4-13H,1-3H3,(H,26,29). The van der Waals surface area contributed by atoms with Crippen LogP contribution in [0, 0.1) is 5.82 Å². The van der Waals surface area contributed by atoms with Gasteiger partial charge in [-0.3, -0.25) is 4.79 Å². The molecular weight excluding hydrogens is 429 g/mol. The van der Waals surface area contributed by atoms with Crippen molar-refractivity contribution in [3.05, 3.63) is 72.0 Å². The summed E-state index contributed by atoms with van der Waals surface area (Å²) in [6.45, 7) is 0. The number of methoxy groups -OCH3 is 3. The molecule has 33 heavy (non-hydrogen) atoms. The number of amides is 1. The smallest absolute Gasteiger partial charge is 0.259 e. The molecule has 1 heterocycles. The molecule has 1 N–H and O–H groups in total. The molecule has 0 fully saturated rings. The Kier molecular flexibility index (Phi) is 6.21. The van der Waals surface area contributed by atoms with Crippen molar-refractivity contribution in [3.63, 3.8) is 0 Å². The molecule has 0 bridgehead atoms. The maximum absolute atomic E-state index is 13.1. The lowest BCUT2D eigenvalue weighted by Gasteiger charge is -2.12. The molecule has 0 unspecified atom stereocenters. The SMILES string of the molecule is COc1cc(-c2noc(-c3ccccc3C(=O)Nc3ccc(F)cc3)n2)cc(OC)c1OC. The van der Waals surface area contributed by atoms with Gasteiger partial charge in [0, 0.05) is 11.3 Å². The largest absolute Gasteiger partial charge is 0.493 e. The maximum atomic E-state index is 13.1. The average molecular weight is 449 g/mol. The molecule has 0 saturated carbocycles. The highest BCUT2D eigenvalue weighted by Gasteiger charge is 2.20. The molecule has 0 spiro atoms. The Morgan fingerprint density at radius 3 is 2.24 bits per heavy atom. The highest BCUT2D eigenvalue weighted by molar-refractivity contribution is 6.08.